The number of carbonyl (C=O) groups is 2. The Bertz CT molecular complexity index is 323. The van der Waals surface area contributed by atoms with Gasteiger partial charge >= 0.3 is 5.97 Å². The number of hydrogen-bond acceptors (Lipinski definition) is 4. The molecule has 0 aromatic carbocycles. The zero-order chi connectivity index (χ0) is 11.4. The summed E-state index contributed by atoms with van der Waals surface area (Å²) >= 11 is 0. The summed E-state index contributed by atoms with van der Waals surface area (Å²) in [7, 11) is 0. The molecule has 0 aliphatic heterocycles. The average Bonchev–Trinajstić information content (AvgIpc) is 2.18. The Labute approximate surface area is 87.5 Å². The molecule has 0 heterocycles. The molecule has 1 aliphatic carbocycles. The number of nitrogens with two attached hydrogens (primary N) is 1. The lowest BCUT2D eigenvalue weighted by Crippen LogP contribution is -2.36. The van der Waals surface area contributed by atoms with E-state index in [1.165, 1.54) is 0 Å². The average molecular weight is 210 g/mol. The Morgan fingerprint density at radius 1 is 1.67 bits per heavy atom. The Kier molecular flexibility index (Phi) is 3.74. The van der Waals surface area contributed by atoms with E-state index in [9.17, 15) is 9.59 Å². The van der Waals surface area contributed by atoms with Crippen LogP contribution in [0.1, 0.15) is 19.3 Å². The van der Waals surface area contributed by atoms with Crippen LogP contribution in [0.5, 0.6) is 0 Å². The van der Waals surface area contributed by atoms with Crippen LogP contribution in [-0.2, 0) is 9.59 Å². The highest BCUT2D eigenvalue weighted by Crippen LogP contribution is 2.16. The van der Waals surface area contributed by atoms with Crippen molar-refractivity contribution in [3.63, 3.8) is 0 Å². The first-order valence-corrected chi connectivity index (χ1v) is 4.77. The van der Waals surface area contributed by atoms with Crippen LogP contribution >= 0.6 is 0 Å². The first kappa shape index (κ1) is 11.6. The molecular weight excluding hydrogens is 196 g/mol. The molecule has 5 heteroatoms. The van der Waals surface area contributed by atoms with Crippen LogP contribution in [0.15, 0.2) is 12.2 Å². The largest absolute Gasteiger partial charge is 0.480 e. The summed E-state index contributed by atoms with van der Waals surface area (Å²) in [5.74, 6) is -2.04. The van der Waals surface area contributed by atoms with Gasteiger partial charge in [-0.05, 0) is 12.8 Å². The summed E-state index contributed by atoms with van der Waals surface area (Å²) in [5.41, 5.74) is 5.60. The van der Waals surface area contributed by atoms with Gasteiger partial charge in [0.05, 0.1) is 5.92 Å². The standard InChI is InChI=1S/C10H14N2O3/c11-7-4-2-1-3-6(7)9(13)5-8(12)10(14)15/h1,3,6,8,11H,2,4-5,12H2,(H,14,15)/t6?,8-/m0/s1. The predicted octanol–water partition coefficient (Wildman–Crippen LogP) is 0.343. The lowest BCUT2D eigenvalue weighted by molar-refractivity contribution is -0.140. The minimum Gasteiger partial charge on any atom is -0.480 e. The minimum absolute atomic E-state index is 0.216. The second-order valence-corrected chi connectivity index (χ2v) is 3.58. The summed E-state index contributed by atoms with van der Waals surface area (Å²) < 4.78 is 0. The van der Waals surface area contributed by atoms with Gasteiger partial charge in [0.25, 0.3) is 0 Å². The zero-order valence-corrected chi connectivity index (χ0v) is 8.27. The number of carboxylic acid groups (broad SMARTS) is 1. The van der Waals surface area contributed by atoms with E-state index in [2.05, 4.69) is 0 Å². The maximum Gasteiger partial charge on any atom is 0.320 e. The number of allylic oxidation sites excluding steroid dienone is 2. The van der Waals surface area contributed by atoms with Gasteiger partial charge in [0, 0.05) is 12.1 Å². The number of carbonyl (C=O) groups excluding carboxylic acids is 1. The van der Waals surface area contributed by atoms with Gasteiger partial charge in [-0.1, -0.05) is 12.2 Å². The monoisotopic (exact) mass is 210 g/mol. The first-order chi connectivity index (χ1) is 7.02. The molecule has 1 unspecified atom stereocenters. The topological polar surface area (TPSA) is 104 Å². The van der Waals surface area contributed by atoms with Crippen LogP contribution in [0.25, 0.3) is 0 Å². The molecule has 0 saturated carbocycles. The van der Waals surface area contributed by atoms with Crippen molar-refractivity contribution in [1.29, 1.82) is 5.41 Å². The summed E-state index contributed by atoms with van der Waals surface area (Å²) in [6.07, 6.45) is 4.62. The van der Waals surface area contributed by atoms with E-state index >= 15 is 0 Å². The van der Waals surface area contributed by atoms with E-state index in [-0.39, 0.29) is 12.2 Å². The predicted molar refractivity (Wildman–Crippen MR) is 54.8 cm³/mol. The van der Waals surface area contributed by atoms with E-state index < -0.39 is 17.9 Å². The molecule has 0 spiro atoms. The van der Waals surface area contributed by atoms with Crippen LogP contribution in [0.2, 0.25) is 0 Å². The van der Waals surface area contributed by atoms with Crippen molar-refractivity contribution in [1.82, 2.24) is 0 Å². The number of rotatable bonds is 4. The Morgan fingerprint density at radius 3 is 2.87 bits per heavy atom. The van der Waals surface area contributed by atoms with Crippen molar-refractivity contribution >= 4 is 17.5 Å². The Morgan fingerprint density at radius 2 is 2.33 bits per heavy atom. The quantitative estimate of drug-likeness (QED) is 0.582. The molecule has 1 aliphatic rings. The maximum absolute atomic E-state index is 11.6. The molecular formula is C10H14N2O3. The Hall–Kier alpha value is -1.49. The van der Waals surface area contributed by atoms with Gasteiger partial charge in [-0.3, -0.25) is 9.59 Å². The van der Waals surface area contributed by atoms with E-state index in [1.54, 1.807) is 6.08 Å². The van der Waals surface area contributed by atoms with Crippen LogP contribution in [-0.4, -0.2) is 28.6 Å². The van der Waals surface area contributed by atoms with Gasteiger partial charge in [0.2, 0.25) is 0 Å². The number of aliphatic carboxylic acids is 1. The number of ketones is 1. The molecule has 4 N–H and O–H groups in total. The molecule has 0 bridgehead atoms. The number of hydrogen-bond donors (Lipinski definition) is 3. The third kappa shape index (κ3) is 2.99. The molecule has 2 atom stereocenters. The first-order valence-electron chi connectivity index (χ1n) is 4.77. The van der Waals surface area contributed by atoms with Crippen LogP contribution < -0.4 is 5.73 Å². The lowest BCUT2D eigenvalue weighted by atomic mass is 9.87. The molecule has 0 saturated heterocycles. The van der Waals surface area contributed by atoms with Gasteiger partial charge in [-0.2, -0.15) is 0 Å². The van der Waals surface area contributed by atoms with Gasteiger partial charge in [-0.15, -0.1) is 0 Å². The SMILES string of the molecule is N=C1CCC=CC1C(=O)C[C@H](N)C(=O)O. The summed E-state index contributed by atoms with van der Waals surface area (Å²) in [6, 6.07) is -1.17. The van der Waals surface area contributed by atoms with Crippen molar-refractivity contribution in [3.05, 3.63) is 12.2 Å². The fourth-order valence-corrected chi connectivity index (χ4v) is 1.48. The van der Waals surface area contributed by atoms with Crippen LogP contribution in [0.3, 0.4) is 0 Å². The molecule has 1 rings (SSSR count). The highest BCUT2D eigenvalue weighted by atomic mass is 16.4. The molecule has 15 heavy (non-hydrogen) atoms. The fraction of sp³-hybridized carbons (Fsp3) is 0.500. The van der Waals surface area contributed by atoms with Crippen molar-refractivity contribution in [2.45, 2.75) is 25.3 Å². The van der Waals surface area contributed by atoms with Crippen LogP contribution in [0.4, 0.5) is 0 Å². The van der Waals surface area contributed by atoms with E-state index in [1.807, 2.05) is 6.08 Å². The summed E-state index contributed by atoms with van der Waals surface area (Å²) in [6.45, 7) is 0. The molecule has 0 radical (unpaired) electrons. The van der Waals surface area contributed by atoms with E-state index in [0.717, 1.165) is 6.42 Å². The lowest BCUT2D eigenvalue weighted by Gasteiger charge is -2.17. The number of carboxylic acids is 1. The summed E-state index contributed by atoms with van der Waals surface area (Å²) in [4.78, 5) is 22.0. The van der Waals surface area contributed by atoms with Crippen molar-refractivity contribution < 1.29 is 14.7 Å². The number of nitrogens with one attached hydrogen (secondary N) is 1. The van der Waals surface area contributed by atoms with Gasteiger partial charge in [-0.25, -0.2) is 0 Å². The van der Waals surface area contributed by atoms with Crippen molar-refractivity contribution in [2.24, 2.45) is 11.7 Å². The molecule has 0 aromatic heterocycles. The molecule has 0 aromatic rings. The van der Waals surface area contributed by atoms with Crippen LogP contribution in [0, 0.1) is 11.3 Å². The zero-order valence-electron chi connectivity index (χ0n) is 8.27. The smallest absolute Gasteiger partial charge is 0.320 e. The third-order valence-corrected chi connectivity index (χ3v) is 2.37. The normalized spacial score (nSPS) is 22.5. The van der Waals surface area contributed by atoms with Crippen molar-refractivity contribution in [2.75, 3.05) is 0 Å². The third-order valence-electron chi connectivity index (χ3n) is 2.37. The van der Waals surface area contributed by atoms with Gasteiger partial charge in [0.15, 0.2) is 0 Å². The van der Waals surface area contributed by atoms with Gasteiger partial charge < -0.3 is 16.2 Å². The second kappa shape index (κ2) is 4.84. The second-order valence-electron chi connectivity index (χ2n) is 3.58. The Balaban J connectivity index is 2.60. The fourth-order valence-electron chi connectivity index (χ4n) is 1.48. The molecule has 0 fully saturated rings. The highest BCUT2D eigenvalue weighted by molar-refractivity contribution is 6.07. The highest BCUT2D eigenvalue weighted by Gasteiger charge is 2.25. The summed E-state index contributed by atoms with van der Waals surface area (Å²) in [5, 5.41) is 16.1. The minimum atomic E-state index is -1.19. The maximum atomic E-state index is 11.6. The number of Topliss-reactive ketones (excluding diaryl/α,β-unsaturated/α-hetero) is 1. The molecule has 5 nitrogen and oxygen atoms in total. The van der Waals surface area contributed by atoms with E-state index in [4.69, 9.17) is 16.2 Å². The molecule has 82 valence electrons. The molecule has 0 amide bonds. The van der Waals surface area contributed by atoms with Gasteiger partial charge in [0.1, 0.15) is 11.8 Å². The van der Waals surface area contributed by atoms with Crippen molar-refractivity contribution in [3.8, 4) is 0 Å². The van der Waals surface area contributed by atoms with E-state index in [0.29, 0.717) is 12.1 Å².